The zero-order valence-electron chi connectivity index (χ0n) is 23.3. The molecule has 0 unspecified atom stereocenters. The summed E-state index contributed by atoms with van der Waals surface area (Å²) in [5.74, 6) is -3.06. The van der Waals surface area contributed by atoms with Gasteiger partial charge in [0.05, 0.1) is 34.7 Å². The van der Waals surface area contributed by atoms with E-state index >= 15 is 0 Å². The SMILES string of the molecule is COC(=O)[C@H](Cc1ccc(NC(=O)c2c(Cl)cccc2Cl)cc1)NC(=O)[C@H]1CC[C@@](C)(C(=O)NCC(N)=O)C1(C)C. The summed E-state index contributed by atoms with van der Waals surface area (Å²) in [7, 11) is 1.24. The summed E-state index contributed by atoms with van der Waals surface area (Å²) >= 11 is 12.2. The minimum Gasteiger partial charge on any atom is -0.467 e. The Bertz CT molecular complexity index is 1330. The lowest BCUT2D eigenvalue weighted by atomic mass is 9.65. The van der Waals surface area contributed by atoms with E-state index in [9.17, 15) is 24.0 Å². The van der Waals surface area contributed by atoms with E-state index in [-0.39, 0.29) is 40.4 Å². The molecule has 10 nitrogen and oxygen atoms in total. The molecule has 3 rings (SSSR count). The first kappa shape index (κ1) is 31.9. The molecule has 0 aromatic heterocycles. The molecule has 4 amide bonds. The van der Waals surface area contributed by atoms with Crippen LogP contribution in [0.5, 0.6) is 0 Å². The molecule has 2 aromatic carbocycles. The number of ether oxygens (including phenoxy) is 1. The molecule has 0 spiro atoms. The second kappa shape index (κ2) is 12.9. The van der Waals surface area contributed by atoms with Gasteiger partial charge in [-0.25, -0.2) is 4.79 Å². The lowest BCUT2D eigenvalue weighted by Gasteiger charge is -2.40. The summed E-state index contributed by atoms with van der Waals surface area (Å²) in [6.07, 6.45) is 0.960. The van der Waals surface area contributed by atoms with Crippen molar-refractivity contribution in [3.05, 3.63) is 63.6 Å². The van der Waals surface area contributed by atoms with Gasteiger partial charge in [0.15, 0.2) is 0 Å². The Kier molecular flexibility index (Phi) is 10.0. The molecule has 1 fully saturated rings. The first-order valence-corrected chi connectivity index (χ1v) is 13.8. The molecule has 1 aliphatic rings. The molecule has 5 N–H and O–H groups in total. The molecular formula is C29H34Cl2N4O6. The van der Waals surface area contributed by atoms with Gasteiger partial charge in [-0.15, -0.1) is 0 Å². The molecule has 0 aliphatic heterocycles. The molecule has 0 saturated heterocycles. The number of esters is 1. The van der Waals surface area contributed by atoms with Crippen LogP contribution in [0.25, 0.3) is 0 Å². The monoisotopic (exact) mass is 604 g/mol. The summed E-state index contributed by atoms with van der Waals surface area (Å²) in [5, 5.41) is 8.54. The van der Waals surface area contributed by atoms with Crippen molar-refractivity contribution >= 4 is 58.5 Å². The largest absolute Gasteiger partial charge is 0.467 e. The number of carbonyl (C=O) groups excluding carboxylic acids is 5. The van der Waals surface area contributed by atoms with E-state index in [0.29, 0.717) is 24.1 Å². The van der Waals surface area contributed by atoms with E-state index in [2.05, 4.69) is 16.0 Å². The average Bonchev–Trinajstić information content (AvgIpc) is 3.16. The summed E-state index contributed by atoms with van der Waals surface area (Å²) in [4.78, 5) is 62.8. The number of nitrogens with one attached hydrogen (secondary N) is 3. The van der Waals surface area contributed by atoms with Crippen LogP contribution in [0.15, 0.2) is 42.5 Å². The molecule has 0 bridgehead atoms. The van der Waals surface area contributed by atoms with Crippen LogP contribution in [0.3, 0.4) is 0 Å². The zero-order valence-corrected chi connectivity index (χ0v) is 24.8. The van der Waals surface area contributed by atoms with Crippen LogP contribution in [-0.4, -0.2) is 49.3 Å². The molecular weight excluding hydrogens is 571 g/mol. The van der Waals surface area contributed by atoms with Crippen LogP contribution >= 0.6 is 23.2 Å². The number of carbonyl (C=O) groups is 5. The quantitative estimate of drug-likeness (QED) is 0.304. The molecule has 1 saturated carbocycles. The average molecular weight is 606 g/mol. The Morgan fingerprint density at radius 3 is 2.20 bits per heavy atom. The Hall–Kier alpha value is -3.63. The number of halogens is 2. The topological polar surface area (TPSA) is 157 Å². The first-order valence-electron chi connectivity index (χ1n) is 13.0. The predicted octanol–water partition coefficient (Wildman–Crippen LogP) is 3.49. The van der Waals surface area contributed by atoms with E-state index < -0.39 is 40.6 Å². The lowest BCUT2D eigenvalue weighted by Crippen LogP contribution is -2.52. The van der Waals surface area contributed by atoms with Gasteiger partial charge in [0.1, 0.15) is 6.04 Å². The van der Waals surface area contributed by atoms with E-state index in [0.717, 1.165) is 0 Å². The fourth-order valence-electron chi connectivity index (χ4n) is 5.20. The van der Waals surface area contributed by atoms with Gasteiger partial charge in [-0.3, -0.25) is 19.2 Å². The Labute approximate surface area is 248 Å². The van der Waals surface area contributed by atoms with Crippen LogP contribution in [0, 0.1) is 16.7 Å². The van der Waals surface area contributed by atoms with Gasteiger partial charge in [0, 0.05) is 18.0 Å². The summed E-state index contributed by atoms with van der Waals surface area (Å²) in [5.41, 5.74) is 4.78. The fraction of sp³-hybridized carbons (Fsp3) is 0.414. The maximum absolute atomic E-state index is 13.4. The number of hydrogen-bond acceptors (Lipinski definition) is 6. The lowest BCUT2D eigenvalue weighted by molar-refractivity contribution is -0.147. The van der Waals surface area contributed by atoms with Crippen LogP contribution in [0.4, 0.5) is 5.69 Å². The van der Waals surface area contributed by atoms with Gasteiger partial charge in [-0.2, -0.15) is 0 Å². The molecule has 3 atom stereocenters. The molecule has 12 heteroatoms. The second-order valence-corrected chi connectivity index (χ2v) is 11.6. The van der Waals surface area contributed by atoms with Gasteiger partial charge in [0.25, 0.3) is 5.91 Å². The third-order valence-electron chi connectivity index (χ3n) is 8.11. The standard InChI is InChI=1S/C29H34Cl2N4O6/c1-28(2)18(12-13-29(28,3)27(40)33-15-22(32)36)24(37)35-21(26(39)41-4)14-16-8-10-17(11-9-16)34-25(38)23-19(30)6-5-7-20(23)31/h5-11,18,21H,12-15H2,1-4H3,(H2,32,36)(H,33,40)(H,34,38)(H,35,37)/t18-,21+,29+/m1/s1. The van der Waals surface area contributed by atoms with Crippen LogP contribution in [0.2, 0.25) is 10.0 Å². The molecule has 220 valence electrons. The van der Waals surface area contributed by atoms with Crippen LogP contribution < -0.4 is 21.7 Å². The van der Waals surface area contributed by atoms with Crippen molar-refractivity contribution in [2.75, 3.05) is 19.0 Å². The molecule has 1 aliphatic carbocycles. The minimum absolute atomic E-state index is 0.131. The van der Waals surface area contributed by atoms with Gasteiger partial charge in [-0.1, -0.05) is 62.2 Å². The number of anilines is 1. The van der Waals surface area contributed by atoms with E-state index in [4.69, 9.17) is 33.7 Å². The van der Waals surface area contributed by atoms with Crippen molar-refractivity contribution < 1.29 is 28.7 Å². The number of rotatable bonds is 10. The highest BCUT2D eigenvalue weighted by Crippen LogP contribution is 2.56. The third-order valence-corrected chi connectivity index (χ3v) is 8.74. The molecule has 2 aromatic rings. The van der Waals surface area contributed by atoms with Crippen molar-refractivity contribution in [2.45, 2.75) is 46.1 Å². The van der Waals surface area contributed by atoms with E-state index in [1.807, 2.05) is 13.8 Å². The highest BCUT2D eigenvalue weighted by molar-refractivity contribution is 6.40. The highest BCUT2D eigenvalue weighted by atomic mass is 35.5. The summed E-state index contributed by atoms with van der Waals surface area (Å²) in [6, 6.07) is 10.5. The van der Waals surface area contributed by atoms with Crippen molar-refractivity contribution in [2.24, 2.45) is 22.5 Å². The van der Waals surface area contributed by atoms with Crippen LogP contribution in [-0.2, 0) is 30.3 Å². The fourth-order valence-corrected chi connectivity index (χ4v) is 5.77. The Balaban J connectivity index is 1.70. The maximum Gasteiger partial charge on any atom is 0.328 e. The van der Waals surface area contributed by atoms with Gasteiger partial charge < -0.3 is 26.4 Å². The number of hydrogen-bond donors (Lipinski definition) is 4. The van der Waals surface area contributed by atoms with Gasteiger partial charge in [-0.05, 0) is 48.1 Å². The molecule has 0 heterocycles. The number of amides is 4. The maximum atomic E-state index is 13.4. The zero-order chi connectivity index (χ0) is 30.5. The second-order valence-electron chi connectivity index (χ2n) is 10.8. The van der Waals surface area contributed by atoms with Crippen molar-refractivity contribution in [1.29, 1.82) is 0 Å². The summed E-state index contributed by atoms with van der Waals surface area (Å²) < 4.78 is 4.94. The van der Waals surface area contributed by atoms with E-state index in [1.165, 1.54) is 7.11 Å². The van der Waals surface area contributed by atoms with Crippen LogP contribution in [0.1, 0.15) is 49.5 Å². The molecule has 0 radical (unpaired) electrons. The van der Waals surface area contributed by atoms with Crippen molar-refractivity contribution in [3.8, 4) is 0 Å². The molecule has 41 heavy (non-hydrogen) atoms. The van der Waals surface area contributed by atoms with Gasteiger partial charge in [0.2, 0.25) is 17.7 Å². The van der Waals surface area contributed by atoms with Crippen molar-refractivity contribution in [1.82, 2.24) is 10.6 Å². The van der Waals surface area contributed by atoms with Gasteiger partial charge >= 0.3 is 5.97 Å². The minimum atomic E-state index is -0.985. The number of methoxy groups -OCH3 is 1. The highest BCUT2D eigenvalue weighted by Gasteiger charge is 2.58. The number of nitrogens with two attached hydrogens (primary N) is 1. The normalized spacial score (nSPS) is 20.0. The third kappa shape index (κ3) is 7.00. The number of primary amides is 1. The Morgan fingerprint density at radius 2 is 1.63 bits per heavy atom. The Morgan fingerprint density at radius 1 is 1.02 bits per heavy atom. The first-order chi connectivity index (χ1) is 19.2. The summed E-state index contributed by atoms with van der Waals surface area (Å²) in [6.45, 7) is 5.12. The van der Waals surface area contributed by atoms with E-state index in [1.54, 1.807) is 49.4 Å². The predicted molar refractivity (Wildman–Crippen MR) is 155 cm³/mol. The number of benzene rings is 2. The van der Waals surface area contributed by atoms with Crippen molar-refractivity contribution in [3.63, 3.8) is 0 Å². The smallest absolute Gasteiger partial charge is 0.328 e.